The van der Waals surface area contributed by atoms with E-state index >= 15 is 0 Å². The van der Waals surface area contributed by atoms with Crippen LogP contribution in [0.1, 0.15) is 5.56 Å². The first kappa shape index (κ1) is 27.0. The molecule has 2 N–H and O–H groups in total. The maximum Gasteiger partial charge on any atom is 0.250 e. The molecule has 0 radical (unpaired) electrons. The predicted molar refractivity (Wildman–Crippen MR) is 166 cm³/mol. The monoisotopic (exact) mass is 570 g/mol. The lowest BCUT2D eigenvalue weighted by Crippen LogP contribution is -2.36. The van der Waals surface area contributed by atoms with E-state index in [-0.39, 0.29) is 5.56 Å². The second-order valence-electron chi connectivity index (χ2n) is 10.4. The highest BCUT2D eigenvalue weighted by Gasteiger charge is 2.22. The van der Waals surface area contributed by atoms with Crippen LogP contribution in [0.2, 0.25) is 0 Å². The molecule has 2 aliphatic rings. The van der Waals surface area contributed by atoms with Crippen molar-refractivity contribution in [3.05, 3.63) is 94.8 Å². The summed E-state index contributed by atoms with van der Waals surface area (Å²) in [6.07, 6.45) is 1.00. The molecule has 0 saturated carbocycles. The van der Waals surface area contributed by atoms with Crippen LogP contribution >= 0.6 is 23.5 Å². The lowest BCUT2D eigenvalue weighted by molar-refractivity contribution is 0.122. The fraction of sp³-hybridized carbons (Fsp3) is 0.281. The first-order valence-electron chi connectivity index (χ1n) is 13.7. The number of likely N-dealkylation sites (N-methyl/N-ethyl adjacent to an activating group) is 1. The molecule has 0 bridgehead atoms. The average Bonchev–Trinajstić information content (AvgIpc) is 2.98. The maximum absolute atomic E-state index is 12.6. The molecule has 4 aromatic rings. The third-order valence-electron chi connectivity index (χ3n) is 7.44. The number of ether oxygens (including phenoxy) is 1. The normalized spacial score (nSPS) is 15.4. The number of morpholine rings is 1. The van der Waals surface area contributed by atoms with Gasteiger partial charge in [0, 0.05) is 68.3 Å². The Labute approximate surface area is 244 Å². The highest BCUT2D eigenvalue weighted by atomic mass is 32.2. The van der Waals surface area contributed by atoms with Crippen molar-refractivity contribution >= 4 is 34.9 Å². The topological polar surface area (TPSA) is 60.6 Å². The summed E-state index contributed by atoms with van der Waals surface area (Å²) in [6, 6.07) is 27.9. The van der Waals surface area contributed by atoms with E-state index in [4.69, 9.17) is 4.74 Å². The minimum absolute atomic E-state index is 0.0792. The van der Waals surface area contributed by atoms with Crippen molar-refractivity contribution in [2.75, 3.05) is 57.2 Å². The van der Waals surface area contributed by atoms with Crippen molar-refractivity contribution in [1.82, 2.24) is 9.88 Å². The molecule has 1 saturated heterocycles. The van der Waals surface area contributed by atoms with E-state index in [9.17, 15) is 4.79 Å². The fourth-order valence-electron chi connectivity index (χ4n) is 5.16. The summed E-state index contributed by atoms with van der Waals surface area (Å²) in [4.78, 5) is 25.1. The number of fused-ring (bicyclic) bond motifs is 2. The first-order chi connectivity index (χ1) is 19.5. The summed E-state index contributed by atoms with van der Waals surface area (Å²) in [7, 11) is 4.29. The van der Waals surface area contributed by atoms with Gasteiger partial charge >= 0.3 is 0 Å². The van der Waals surface area contributed by atoms with Gasteiger partial charge in [0.25, 0.3) is 0 Å². The number of hydrogen-bond acceptors (Lipinski definition) is 7. The van der Waals surface area contributed by atoms with Crippen LogP contribution in [0.4, 0.5) is 11.4 Å². The van der Waals surface area contributed by atoms with E-state index < -0.39 is 0 Å². The number of hydrogen-bond donors (Lipinski definition) is 2. The summed E-state index contributed by atoms with van der Waals surface area (Å²) in [5.41, 5.74) is 5.27. The van der Waals surface area contributed by atoms with Crippen molar-refractivity contribution in [3.8, 4) is 11.3 Å². The zero-order chi connectivity index (χ0) is 27.5. The van der Waals surface area contributed by atoms with E-state index in [0.717, 1.165) is 48.7 Å². The van der Waals surface area contributed by atoms with Crippen LogP contribution in [0.5, 0.6) is 0 Å². The highest BCUT2D eigenvalue weighted by molar-refractivity contribution is 8.05. The van der Waals surface area contributed by atoms with Gasteiger partial charge in [-0.25, -0.2) is 0 Å². The third-order valence-corrected chi connectivity index (χ3v) is 10.0. The minimum atomic E-state index is -0.0792. The van der Waals surface area contributed by atoms with Crippen molar-refractivity contribution in [1.29, 1.82) is 0 Å². The van der Waals surface area contributed by atoms with E-state index in [1.807, 2.05) is 0 Å². The van der Waals surface area contributed by atoms with Gasteiger partial charge in [-0.3, -0.25) is 4.79 Å². The van der Waals surface area contributed by atoms with E-state index in [1.54, 1.807) is 29.6 Å². The lowest BCUT2D eigenvalue weighted by Gasteiger charge is -2.29. The van der Waals surface area contributed by atoms with Crippen LogP contribution in [0.25, 0.3) is 11.3 Å². The van der Waals surface area contributed by atoms with Gasteiger partial charge in [0.1, 0.15) is 0 Å². The Kier molecular flexibility index (Phi) is 8.20. The Morgan fingerprint density at radius 2 is 1.75 bits per heavy atom. The quantitative estimate of drug-likeness (QED) is 0.235. The number of rotatable bonds is 8. The summed E-state index contributed by atoms with van der Waals surface area (Å²) in [5.74, 6) is 0. The molecule has 8 heteroatoms. The molecule has 0 spiro atoms. The second-order valence-corrected chi connectivity index (χ2v) is 12.5. The molecule has 206 valence electrons. The number of aromatic nitrogens is 1. The minimum Gasteiger partial charge on any atom is -0.383 e. The van der Waals surface area contributed by atoms with Gasteiger partial charge in [-0.2, -0.15) is 0 Å². The molecule has 3 heterocycles. The summed E-state index contributed by atoms with van der Waals surface area (Å²) >= 11 is 3.57. The van der Waals surface area contributed by atoms with Crippen LogP contribution in [-0.2, 0) is 11.2 Å². The van der Waals surface area contributed by atoms with Crippen molar-refractivity contribution in [2.45, 2.75) is 32.0 Å². The molecule has 0 amide bonds. The van der Waals surface area contributed by atoms with E-state index in [2.05, 4.69) is 107 Å². The Morgan fingerprint density at radius 3 is 2.55 bits per heavy atom. The van der Waals surface area contributed by atoms with Gasteiger partial charge in [-0.1, -0.05) is 66.0 Å². The molecule has 1 fully saturated rings. The molecule has 3 aromatic carbocycles. The molecule has 1 aromatic heterocycles. The Balaban J connectivity index is 1.20. The number of benzene rings is 3. The molecule has 2 aliphatic heterocycles. The molecule has 40 heavy (non-hydrogen) atoms. The standard InChI is InChI=1S/C32H34N4O2S2/c1-35(2)25(17-22-7-4-3-5-8-22)21-33-23-11-12-28-30(18-23)39-29-10-6-9-26(32(29)40-28)27-19-24(20-31(37)34-27)36-13-15-38-16-14-36/h3-12,18-20,25,33H,13-17,21H2,1-2H3,(H,34,37). The number of H-pyrrole nitrogens is 1. The van der Waals surface area contributed by atoms with Crippen LogP contribution in [0.15, 0.2) is 103 Å². The SMILES string of the molecule is CN(C)C(CNc1ccc2c(c1)Sc1cccc(-c3cc(N4CCOCC4)cc(=O)[nH]3)c1S2)Cc1ccccc1. The molecule has 6 nitrogen and oxygen atoms in total. The second kappa shape index (κ2) is 12.1. The third kappa shape index (κ3) is 6.10. The van der Waals surface area contributed by atoms with Gasteiger partial charge in [0.15, 0.2) is 0 Å². The molecule has 6 rings (SSSR count). The van der Waals surface area contributed by atoms with Crippen LogP contribution in [-0.4, -0.2) is 62.9 Å². The maximum atomic E-state index is 12.6. The van der Waals surface area contributed by atoms with Crippen molar-refractivity contribution in [3.63, 3.8) is 0 Å². The number of pyridine rings is 1. The molecule has 1 atom stereocenters. The molecule has 1 unspecified atom stereocenters. The Morgan fingerprint density at radius 1 is 0.925 bits per heavy atom. The predicted octanol–water partition coefficient (Wildman–Crippen LogP) is 6.08. The molecular weight excluding hydrogens is 537 g/mol. The zero-order valence-electron chi connectivity index (χ0n) is 22.9. The largest absolute Gasteiger partial charge is 0.383 e. The Hall–Kier alpha value is -3.17. The smallest absolute Gasteiger partial charge is 0.250 e. The number of anilines is 2. The van der Waals surface area contributed by atoms with Crippen LogP contribution in [0.3, 0.4) is 0 Å². The zero-order valence-corrected chi connectivity index (χ0v) is 24.5. The first-order valence-corrected chi connectivity index (χ1v) is 15.3. The summed E-state index contributed by atoms with van der Waals surface area (Å²) in [6.45, 7) is 3.83. The molecular formula is C32H34N4O2S2. The average molecular weight is 571 g/mol. The van der Waals surface area contributed by atoms with E-state index in [0.29, 0.717) is 19.3 Å². The van der Waals surface area contributed by atoms with Gasteiger partial charge in [-0.05, 0) is 56.4 Å². The van der Waals surface area contributed by atoms with Crippen LogP contribution in [0, 0.1) is 0 Å². The van der Waals surface area contributed by atoms with Crippen molar-refractivity contribution < 1.29 is 4.74 Å². The summed E-state index contributed by atoms with van der Waals surface area (Å²) in [5, 5.41) is 3.68. The van der Waals surface area contributed by atoms with Gasteiger partial charge in [0.2, 0.25) is 5.56 Å². The fourth-order valence-corrected chi connectivity index (χ4v) is 7.57. The summed E-state index contributed by atoms with van der Waals surface area (Å²) < 4.78 is 5.50. The number of nitrogens with one attached hydrogen (secondary N) is 2. The number of aromatic amines is 1. The van der Waals surface area contributed by atoms with Gasteiger partial charge < -0.3 is 24.8 Å². The van der Waals surface area contributed by atoms with Crippen molar-refractivity contribution in [2.24, 2.45) is 0 Å². The van der Waals surface area contributed by atoms with Crippen LogP contribution < -0.4 is 15.8 Å². The lowest BCUT2D eigenvalue weighted by atomic mass is 10.1. The van der Waals surface area contributed by atoms with Gasteiger partial charge in [0.05, 0.1) is 18.9 Å². The Bertz CT molecular complexity index is 1530. The van der Waals surface area contributed by atoms with Gasteiger partial charge in [-0.15, -0.1) is 0 Å². The number of nitrogens with zero attached hydrogens (tertiary/aromatic N) is 2. The van der Waals surface area contributed by atoms with E-state index in [1.165, 1.54) is 25.1 Å². The molecule has 0 aliphatic carbocycles. The highest BCUT2D eigenvalue weighted by Crippen LogP contribution is 2.52.